The number of anilines is 1. The van der Waals surface area contributed by atoms with Gasteiger partial charge < -0.3 is 0 Å². The van der Waals surface area contributed by atoms with Crippen LogP contribution in [0.25, 0.3) is 0 Å². The van der Waals surface area contributed by atoms with E-state index in [1.54, 1.807) is 13.1 Å². The molecule has 0 unspecified atom stereocenters. The van der Waals surface area contributed by atoms with Crippen LogP contribution in [-0.4, -0.2) is 19.3 Å². The van der Waals surface area contributed by atoms with Crippen molar-refractivity contribution in [2.45, 2.75) is 31.4 Å². The monoisotopic (exact) mass is 437 g/mol. The Bertz CT molecular complexity index is 840. The van der Waals surface area contributed by atoms with Gasteiger partial charge in [0, 0.05) is 4.88 Å². The Morgan fingerprint density at radius 1 is 1.43 bits per heavy atom. The molecule has 0 aliphatic heterocycles. The number of aromatic nitrogens is 1. The van der Waals surface area contributed by atoms with Crippen molar-refractivity contribution in [1.82, 2.24) is 4.98 Å². The maximum absolute atomic E-state index is 12.5. The van der Waals surface area contributed by atoms with E-state index in [9.17, 15) is 13.2 Å². The van der Waals surface area contributed by atoms with E-state index in [4.69, 9.17) is 5.14 Å². The highest BCUT2D eigenvalue weighted by atomic mass is 79.9. The second-order valence-electron chi connectivity index (χ2n) is 5.38. The molecule has 0 saturated heterocycles. The number of thiophene rings is 1. The molecule has 6 nitrogen and oxygen atoms in total. The number of hydrogen-bond acceptors (Lipinski definition) is 6. The highest BCUT2D eigenvalue weighted by Gasteiger charge is 2.28. The van der Waals surface area contributed by atoms with Crippen LogP contribution in [0.1, 0.15) is 34.6 Å². The van der Waals surface area contributed by atoms with Gasteiger partial charge in [0.15, 0.2) is 5.13 Å². The summed E-state index contributed by atoms with van der Waals surface area (Å²) >= 11 is 5.57. The van der Waals surface area contributed by atoms with Crippen LogP contribution in [0.15, 0.2) is 14.2 Å². The molecule has 126 valence electrons. The number of nitrogens with one attached hydrogen (secondary N) is 1. The molecule has 10 heteroatoms. The van der Waals surface area contributed by atoms with Crippen molar-refractivity contribution in [3.8, 4) is 0 Å². The largest absolute Gasteiger partial charge is 0.298 e. The lowest BCUT2D eigenvalue weighted by Gasteiger charge is -2.05. The maximum atomic E-state index is 12.5. The summed E-state index contributed by atoms with van der Waals surface area (Å²) in [4.78, 5) is 17.4. The van der Waals surface area contributed by atoms with E-state index in [2.05, 4.69) is 26.2 Å². The normalized spacial score (nSPS) is 11.9. The van der Waals surface area contributed by atoms with Crippen LogP contribution in [0.4, 0.5) is 5.13 Å². The molecule has 2 aromatic heterocycles. The first kappa shape index (κ1) is 18.5. The number of thiazole rings is 1. The van der Waals surface area contributed by atoms with E-state index in [0.29, 0.717) is 23.0 Å². The summed E-state index contributed by atoms with van der Waals surface area (Å²) in [5.74, 6) is -0.175. The molecule has 0 aliphatic carbocycles. The number of nitrogens with zero attached hydrogens (tertiary/aromatic N) is 1. The number of sulfonamides is 1. The molecule has 2 aromatic rings. The highest BCUT2D eigenvalue weighted by molar-refractivity contribution is 9.11. The van der Waals surface area contributed by atoms with Crippen molar-refractivity contribution in [2.75, 3.05) is 5.32 Å². The van der Waals surface area contributed by atoms with Crippen molar-refractivity contribution in [1.29, 1.82) is 0 Å². The molecule has 0 atom stereocenters. The molecule has 0 aliphatic rings. The minimum atomic E-state index is -3.97. The first-order valence-electron chi connectivity index (χ1n) is 6.67. The predicted octanol–water partition coefficient (Wildman–Crippen LogP) is 3.37. The Kier molecular flexibility index (Phi) is 5.62. The fourth-order valence-corrected chi connectivity index (χ4v) is 5.67. The van der Waals surface area contributed by atoms with Gasteiger partial charge in [0.2, 0.25) is 10.0 Å². The van der Waals surface area contributed by atoms with E-state index in [-0.39, 0.29) is 9.77 Å². The van der Waals surface area contributed by atoms with Gasteiger partial charge in [0.25, 0.3) is 5.91 Å². The minimum absolute atomic E-state index is 0.0984. The average molecular weight is 438 g/mol. The number of amides is 1. The van der Waals surface area contributed by atoms with E-state index in [1.807, 2.05) is 13.8 Å². The quantitative estimate of drug-likeness (QED) is 0.747. The third-order valence-electron chi connectivity index (χ3n) is 2.99. The zero-order valence-electron chi connectivity index (χ0n) is 12.7. The SMILES string of the molecule is Cc1c(CC(C)C)sc(S(N)(=O)=O)c1C(=O)Nc1ncc(Br)s1. The molecule has 2 rings (SSSR count). The fourth-order valence-electron chi connectivity index (χ4n) is 2.03. The third-order valence-corrected chi connectivity index (χ3v) is 7.16. The topological polar surface area (TPSA) is 102 Å². The van der Waals surface area contributed by atoms with Gasteiger partial charge in [-0.2, -0.15) is 0 Å². The number of carbonyl (C=O) groups excluding carboxylic acids is 1. The summed E-state index contributed by atoms with van der Waals surface area (Å²) < 4.78 is 24.4. The molecule has 23 heavy (non-hydrogen) atoms. The number of nitrogens with two attached hydrogens (primary N) is 1. The zero-order valence-corrected chi connectivity index (χ0v) is 16.7. The van der Waals surface area contributed by atoms with Gasteiger partial charge in [-0.3, -0.25) is 10.1 Å². The standard InChI is InChI=1S/C13H16BrN3O3S3/c1-6(2)4-8-7(3)10(12(21-8)23(15,19)20)11(18)17-13-16-5-9(14)22-13/h5-6H,4H2,1-3H3,(H2,15,19,20)(H,16,17,18). The summed E-state index contributed by atoms with van der Waals surface area (Å²) in [6, 6.07) is 0. The second kappa shape index (κ2) is 6.98. The number of carbonyl (C=O) groups is 1. The van der Waals surface area contributed by atoms with Crippen LogP contribution in [0.5, 0.6) is 0 Å². The van der Waals surface area contributed by atoms with Gasteiger partial charge in [-0.25, -0.2) is 18.5 Å². The van der Waals surface area contributed by atoms with Crippen molar-refractivity contribution in [3.63, 3.8) is 0 Å². The Morgan fingerprint density at radius 2 is 2.09 bits per heavy atom. The number of rotatable bonds is 5. The smallest absolute Gasteiger partial charge is 0.259 e. The number of hydrogen-bond donors (Lipinski definition) is 2. The molecule has 2 heterocycles. The minimum Gasteiger partial charge on any atom is -0.298 e. The molecule has 0 radical (unpaired) electrons. The third kappa shape index (κ3) is 4.38. The van der Waals surface area contributed by atoms with E-state index >= 15 is 0 Å². The van der Waals surface area contributed by atoms with E-state index < -0.39 is 15.9 Å². The molecular weight excluding hydrogens is 422 g/mol. The molecule has 0 spiro atoms. The van der Waals surface area contributed by atoms with E-state index in [0.717, 1.165) is 20.0 Å². The van der Waals surface area contributed by atoms with Gasteiger partial charge in [-0.05, 0) is 40.8 Å². The zero-order chi connectivity index (χ0) is 17.4. The van der Waals surface area contributed by atoms with Crippen LogP contribution < -0.4 is 10.5 Å². The molecule has 0 bridgehead atoms. The summed E-state index contributed by atoms with van der Waals surface area (Å²) in [5.41, 5.74) is 0.764. The summed E-state index contributed by atoms with van der Waals surface area (Å²) in [6.45, 7) is 5.81. The lowest BCUT2D eigenvalue weighted by atomic mass is 10.0. The average Bonchev–Trinajstić information content (AvgIpc) is 2.93. The van der Waals surface area contributed by atoms with Crippen molar-refractivity contribution < 1.29 is 13.2 Å². The van der Waals surface area contributed by atoms with Gasteiger partial charge >= 0.3 is 0 Å². The fraction of sp³-hybridized carbons (Fsp3) is 0.385. The van der Waals surface area contributed by atoms with Crippen molar-refractivity contribution in [3.05, 3.63) is 26.0 Å². The molecular formula is C13H16BrN3O3S3. The lowest BCUT2D eigenvalue weighted by molar-refractivity contribution is 0.102. The Hall–Kier alpha value is -0.810. The Labute approximate surface area is 151 Å². The molecule has 1 amide bonds. The van der Waals surface area contributed by atoms with Gasteiger partial charge in [-0.1, -0.05) is 25.2 Å². The van der Waals surface area contributed by atoms with Crippen LogP contribution >= 0.6 is 38.6 Å². The second-order valence-corrected chi connectivity index (χ2v) is 10.7. The van der Waals surface area contributed by atoms with Crippen LogP contribution in [0.3, 0.4) is 0 Å². The van der Waals surface area contributed by atoms with Crippen LogP contribution in [-0.2, 0) is 16.4 Å². The first-order valence-corrected chi connectivity index (χ1v) is 10.6. The molecule has 0 saturated carbocycles. The van der Waals surface area contributed by atoms with Crippen molar-refractivity contribution in [2.24, 2.45) is 11.1 Å². The lowest BCUT2D eigenvalue weighted by Crippen LogP contribution is -2.19. The van der Waals surface area contributed by atoms with Crippen LogP contribution in [0, 0.1) is 12.8 Å². The molecule has 0 aromatic carbocycles. The summed E-state index contributed by atoms with van der Waals surface area (Å²) in [5, 5.41) is 8.30. The van der Waals surface area contributed by atoms with Gasteiger partial charge in [-0.15, -0.1) is 11.3 Å². The first-order chi connectivity index (χ1) is 10.6. The summed E-state index contributed by atoms with van der Waals surface area (Å²) in [6.07, 6.45) is 2.25. The molecule has 3 N–H and O–H groups in total. The molecule has 0 fully saturated rings. The Balaban J connectivity index is 2.46. The summed E-state index contributed by atoms with van der Waals surface area (Å²) in [7, 11) is -3.97. The number of halogens is 1. The van der Waals surface area contributed by atoms with Crippen LogP contribution in [0.2, 0.25) is 0 Å². The Morgan fingerprint density at radius 3 is 2.57 bits per heavy atom. The number of primary sulfonamides is 1. The van der Waals surface area contributed by atoms with Gasteiger partial charge in [0.05, 0.1) is 15.5 Å². The highest BCUT2D eigenvalue weighted by Crippen LogP contribution is 2.34. The van der Waals surface area contributed by atoms with Crippen molar-refractivity contribution >= 4 is 59.7 Å². The predicted molar refractivity (Wildman–Crippen MR) is 96.7 cm³/mol. The maximum Gasteiger partial charge on any atom is 0.259 e. The van der Waals surface area contributed by atoms with E-state index in [1.165, 1.54) is 11.3 Å². The van der Waals surface area contributed by atoms with Gasteiger partial charge in [0.1, 0.15) is 4.21 Å².